The van der Waals surface area contributed by atoms with Crippen LogP contribution in [-0.4, -0.2) is 0 Å². The van der Waals surface area contributed by atoms with Gasteiger partial charge in [-0.2, -0.15) is 0 Å². The molecule has 0 aromatic heterocycles. The summed E-state index contributed by atoms with van der Waals surface area (Å²) in [6.07, 6.45) is 0. The quantitative estimate of drug-likeness (QED) is 0.295. The summed E-state index contributed by atoms with van der Waals surface area (Å²) in [5.74, 6) is 0. The number of fused-ring (bicyclic) bond motifs is 3. The maximum atomic E-state index is 4.52. The zero-order chi connectivity index (χ0) is 25.2. The van der Waals surface area contributed by atoms with Gasteiger partial charge in [0.1, 0.15) is 0 Å². The normalized spacial score (nSPS) is 17.6. The monoisotopic (exact) mass is 470 g/mol. The van der Waals surface area contributed by atoms with Gasteiger partial charge in [-0.3, -0.25) is 0 Å². The molecule has 0 atom stereocenters. The van der Waals surface area contributed by atoms with Crippen molar-refractivity contribution in [3.63, 3.8) is 0 Å². The van der Waals surface area contributed by atoms with E-state index in [1.807, 2.05) is 0 Å². The molecule has 0 bridgehead atoms. The lowest BCUT2D eigenvalue weighted by Crippen LogP contribution is -2.25. The predicted octanol–water partition coefficient (Wildman–Crippen LogP) is 8.46. The van der Waals surface area contributed by atoms with E-state index in [1.165, 1.54) is 44.4 Å². The molecular weight excluding hydrogens is 436 g/mol. The molecular formula is C34H34N2. The van der Waals surface area contributed by atoms with Gasteiger partial charge in [0.2, 0.25) is 0 Å². The summed E-state index contributed by atoms with van der Waals surface area (Å²) in [5.41, 5.74) is 10.1. The number of benzene rings is 4. The second-order valence-electron chi connectivity index (χ2n) is 11.3. The molecule has 0 amide bonds. The van der Waals surface area contributed by atoms with Crippen molar-refractivity contribution in [2.75, 3.05) is 9.80 Å². The molecule has 0 N–H and O–H groups in total. The van der Waals surface area contributed by atoms with E-state index in [0.29, 0.717) is 0 Å². The zero-order valence-electron chi connectivity index (χ0n) is 21.8. The zero-order valence-corrected chi connectivity index (χ0v) is 21.8. The molecule has 0 unspecified atom stereocenters. The second kappa shape index (κ2) is 7.86. The Morgan fingerprint density at radius 1 is 0.528 bits per heavy atom. The third kappa shape index (κ3) is 3.17. The lowest BCUT2D eigenvalue weighted by molar-refractivity contribution is 0.633. The maximum absolute atomic E-state index is 4.52. The minimum Gasteiger partial charge on any atom is -0.340 e. The lowest BCUT2D eigenvalue weighted by Gasteiger charge is -2.27. The van der Waals surface area contributed by atoms with Crippen molar-refractivity contribution >= 4 is 22.1 Å². The van der Waals surface area contributed by atoms with Crippen LogP contribution < -0.4 is 9.80 Å². The molecule has 0 radical (unpaired) electrons. The summed E-state index contributed by atoms with van der Waals surface area (Å²) >= 11 is 0. The summed E-state index contributed by atoms with van der Waals surface area (Å²) in [6.45, 7) is 19.8. The fourth-order valence-corrected chi connectivity index (χ4v) is 6.17. The molecule has 0 spiro atoms. The molecule has 180 valence electrons. The smallest absolute Gasteiger partial charge is 0.0484 e. The molecule has 0 fully saturated rings. The Labute approximate surface area is 215 Å². The summed E-state index contributed by atoms with van der Waals surface area (Å²) in [7, 11) is 0. The van der Waals surface area contributed by atoms with Gasteiger partial charge in [0.05, 0.1) is 0 Å². The van der Waals surface area contributed by atoms with Crippen LogP contribution in [0.3, 0.4) is 0 Å². The highest BCUT2D eigenvalue weighted by molar-refractivity contribution is 5.90. The van der Waals surface area contributed by atoms with Crippen LogP contribution in [0.25, 0.3) is 10.8 Å². The van der Waals surface area contributed by atoms with Gasteiger partial charge in [-0.25, -0.2) is 0 Å². The SMILES string of the molecule is C=C1N(Cc2cccc3c(CN4C(=C)C(C)(C)c5ccccc54)cccc23)c2ccccc2C1(C)C. The molecule has 2 heteroatoms. The Morgan fingerprint density at radius 3 is 1.33 bits per heavy atom. The van der Waals surface area contributed by atoms with E-state index in [4.69, 9.17) is 0 Å². The largest absolute Gasteiger partial charge is 0.340 e. The first-order valence-electron chi connectivity index (χ1n) is 12.8. The summed E-state index contributed by atoms with van der Waals surface area (Å²) in [4.78, 5) is 4.80. The Hall–Kier alpha value is -3.78. The van der Waals surface area contributed by atoms with Gasteiger partial charge in [0, 0.05) is 46.7 Å². The van der Waals surface area contributed by atoms with Crippen molar-refractivity contribution in [1.82, 2.24) is 0 Å². The van der Waals surface area contributed by atoms with E-state index in [0.717, 1.165) is 24.5 Å². The molecule has 2 heterocycles. The van der Waals surface area contributed by atoms with Gasteiger partial charge in [0.25, 0.3) is 0 Å². The molecule has 0 aliphatic carbocycles. The molecule has 4 aromatic carbocycles. The van der Waals surface area contributed by atoms with Gasteiger partial charge in [-0.15, -0.1) is 0 Å². The van der Waals surface area contributed by atoms with Gasteiger partial charge >= 0.3 is 0 Å². The Morgan fingerprint density at radius 2 is 0.917 bits per heavy atom. The molecule has 2 aliphatic rings. The van der Waals surface area contributed by atoms with Gasteiger partial charge in [-0.05, 0) is 45.2 Å². The van der Waals surface area contributed by atoms with E-state index in [-0.39, 0.29) is 10.8 Å². The fourth-order valence-electron chi connectivity index (χ4n) is 6.17. The fraction of sp³-hybridized carbons (Fsp3) is 0.235. The number of nitrogens with zero attached hydrogens (tertiary/aromatic N) is 2. The van der Waals surface area contributed by atoms with Crippen molar-refractivity contribution in [3.8, 4) is 0 Å². The van der Waals surface area contributed by atoms with Gasteiger partial charge < -0.3 is 9.80 Å². The van der Waals surface area contributed by atoms with Crippen LogP contribution in [0.5, 0.6) is 0 Å². The van der Waals surface area contributed by atoms with Crippen molar-refractivity contribution in [1.29, 1.82) is 0 Å². The average Bonchev–Trinajstić information content (AvgIpc) is 3.19. The highest BCUT2D eigenvalue weighted by Gasteiger charge is 2.39. The summed E-state index contributed by atoms with van der Waals surface area (Å²) < 4.78 is 0. The molecule has 2 aliphatic heterocycles. The van der Waals surface area contributed by atoms with Crippen molar-refractivity contribution < 1.29 is 0 Å². The minimum atomic E-state index is -0.0668. The Kier molecular flexibility index (Phi) is 4.95. The number of hydrogen-bond acceptors (Lipinski definition) is 2. The predicted molar refractivity (Wildman–Crippen MR) is 154 cm³/mol. The van der Waals surface area contributed by atoms with Crippen LogP contribution in [0.4, 0.5) is 11.4 Å². The van der Waals surface area contributed by atoms with Crippen molar-refractivity contribution in [2.45, 2.75) is 51.6 Å². The van der Waals surface area contributed by atoms with E-state index in [9.17, 15) is 0 Å². The van der Waals surface area contributed by atoms with Crippen LogP contribution in [0, 0.1) is 0 Å². The third-order valence-electron chi connectivity index (χ3n) is 8.59. The van der Waals surface area contributed by atoms with E-state index < -0.39 is 0 Å². The van der Waals surface area contributed by atoms with Crippen LogP contribution in [-0.2, 0) is 23.9 Å². The number of allylic oxidation sites excluding steroid dienone is 2. The van der Waals surface area contributed by atoms with Crippen LogP contribution in [0.2, 0.25) is 0 Å². The summed E-state index contributed by atoms with van der Waals surface area (Å²) in [5, 5.41) is 2.62. The van der Waals surface area contributed by atoms with Gasteiger partial charge in [-0.1, -0.05) is 114 Å². The van der Waals surface area contributed by atoms with E-state index in [2.05, 4.69) is 136 Å². The van der Waals surface area contributed by atoms with Crippen molar-refractivity contribution in [3.05, 3.63) is 132 Å². The first kappa shape index (κ1) is 22.7. The number of rotatable bonds is 4. The topological polar surface area (TPSA) is 6.48 Å². The highest BCUT2D eigenvalue weighted by Crippen LogP contribution is 2.49. The van der Waals surface area contributed by atoms with Crippen molar-refractivity contribution in [2.24, 2.45) is 0 Å². The maximum Gasteiger partial charge on any atom is 0.0484 e. The van der Waals surface area contributed by atoms with Gasteiger partial charge in [0.15, 0.2) is 0 Å². The average molecular weight is 471 g/mol. The minimum absolute atomic E-state index is 0.0668. The number of anilines is 2. The first-order chi connectivity index (χ1) is 17.2. The molecule has 0 saturated heterocycles. The summed E-state index contributed by atoms with van der Waals surface area (Å²) in [6, 6.07) is 30.9. The van der Waals surface area contributed by atoms with Crippen LogP contribution in [0.1, 0.15) is 49.9 Å². The first-order valence-corrected chi connectivity index (χ1v) is 12.8. The Balaban J connectivity index is 1.39. The number of hydrogen-bond donors (Lipinski definition) is 0. The van der Waals surface area contributed by atoms with E-state index in [1.54, 1.807) is 0 Å². The van der Waals surface area contributed by atoms with Crippen LogP contribution >= 0.6 is 0 Å². The highest BCUT2D eigenvalue weighted by atomic mass is 15.2. The Bertz CT molecular complexity index is 1420. The molecule has 0 saturated carbocycles. The van der Waals surface area contributed by atoms with Crippen LogP contribution in [0.15, 0.2) is 109 Å². The van der Waals surface area contributed by atoms with E-state index >= 15 is 0 Å². The lowest BCUT2D eigenvalue weighted by atomic mass is 9.84. The third-order valence-corrected chi connectivity index (χ3v) is 8.59. The second-order valence-corrected chi connectivity index (χ2v) is 11.3. The standard InChI is InChI=1S/C34H34N2/c1-23-33(3,4)29-17-7-9-19-31(29)35(23)21-25-13-11-16-28-26(14-12-15-27(25)28)22-36-24(2)34(5,6)30-18-8-10-20-32(30)36/h7-20H,1-2,21-22H2,3-6H3. The molecule has 6 rings (SSSR count). The molecule has 4 aromatic rings. The number of para-hydroxylation sites is 2. The molecule has 2 nitrogen and oxygen atoms in total. The molecule has 36 heavy (non-hydrogen) atoms.